The van der Waals surface area contributed by atoms with Crippen molar-refractivity contribution in [3.8, 4) is 5.75 Å². The molecule has 0 radical (unpaired) electrons. The van der Waals surface area contributed by atoms with E-state index >= 15 is 0 Å². The fourth-order valence-corrected chi connectivity index (χ4v) is 5.89. The van der Waals surface area contributed by atoms with E-state index in [0.29, 0.717) is 0 Å². The van der Waals surface area contributed by atoms with E-state index in [1.807, 2.05) is 91.0 Å². The monoisotopic (exact) mass is 669 g/mol. The molecule has 1 aliphatic heterocycles. The molecule has 0 unspecified atom stereocenters. The maximum atomic E-state index is 12.5. The van der Waals surface area contributed by atoms with Crippen LogP contribution in [0.3, 0.4) is 0 Å². The average Bonchev–Trinajstić information content (AvgIpc) is 3.09. The maximum Gasteiger partial charge on any atom is 0.311 e. The van der Waals surface area contributed by atoms with Crippen molar-refractivity contribution in [2.75, 3.05) is 6.61 Å². The molecule has 1 fully saturated rings. The molecular weight excluding hydrogens is 634 g/mol. The Hall–Kier alpha value is -5.59. The van der Waals surface area contributed by atoms with Crippen LogP contribution >= 0.6 is 0 Å². The third-order valence-electron chi connectivity index (χ3n) is 7.81. The number of nitro groups is 1. The third kappa shape index (κ3) is 7.94. The van der Waals surface area contributed by atoms with E-state index in [4.69, 9.17) is 28.4 Å². The predicted molar refractivity (Wildman–Crippen MR) is 174 cm³/mol. The summed E-state index contributed by atoms with van der Waals surface area (Å²) in [4.78, 5) is 48.5. The van der Waals surface area contributed by atoms with E-state index in [1.165, 1.54) is 31.2 Å². The van der Waals surface area contributed by atoms with E-state index in [1.54, 1.807) is 0 Å². The van der Waals surface area contributed by atoms with Crippen molar-refractivity contribution < 1.29 is 47.7 Å². The predicted octanol–water partition coefficient (Wildman–Crippen LogP) is 5.50. The van der Waals surface area contributed by atoms with Crippen LogP contribution in [0.25, 0.3) is 0 Å². The number of hydrogen-bond donors (Lipinski definition) is 0. The number of nitrogens with zero attached hydrogens (tertiary/aromatic N) is 1. The summed E-state index contributed by atoms with van der Waals surface area (Å²) in [6.45, 7) is 3.14. The molecule has 0 N–H and O–H groups in total. The zero-order valence-electron chi connectivity index (χ0n) is 27.0. The van der Waals surface area contributed by atoms with Gasteiger partial charge in [0.25, 0.3) is 0 Å². The zero-order valence-corrected chi connectivity index (χ0v) is 27.0. The molecule has 1 saturated heterocycles. The molecule has 0 bridgehead atoms. The second kappa shape index (κ2) is 15.5. The van der Waals surface area contributed by atoms with Crippen molar-refractivity contribution in [3.05, 3.63) is 142 Å². The molecule has 1 aliphatic rings. The van der Waals surface area contributed by atoms with Gasteiger partial charge in [0.1, 0.15) is 11.7 Å². The highest BCUT2D eigenvalue weighted by molar-refractivity contribution is 5.68. The summed E-state index contributed by atoms with van der Waals surface area (Å²) in [5, 5.41) is 11.8. The van der Waals surface area contributed by atoms with Gasteiger partial charge in [-0.2, -0.15) is 0 Å². The minimum absolute atomic E-state index is 0.200. The number of rotatable bonds is 12. The number of carbonyl (C=O) groups excluding carboxylic acids is 3. The molecule has 0 aromatic heterocycles. The van der Waals surface area contributed by atoms with Crippen LogP contribution in [0.1, 0.15) is 37.5 Å². The number of benzene rings is 4. The van der Waals surface area contributed by atoms with Gasteiger partial charge in [0.2, 0.25) is 12.4 Å². The minimum Gasteiger partial charge on any atom is -0.456 e. The average molecular weight is 670 g/mol. The van der Waals surface area contributed by atoms with Crippen LogP contribution in [0.4, 0.5) is 5.69 Å². The molecule has 254 valence electrons. The molecule has 4 aromatic carbocycles. The third-order valence-corrected chi connectivity index (χ3v) is 7.81. The molecule has 0 saturated carbocycles. The standard InChI is InChI=1S/C37H35NO11/c1-24(39)45-33-32(23-44-37(27-15-7-4-8-16-27,28-17-9-5-10-18-28)29-19-11-6-12-20-29)49-36(35(47-26(3)41)34(33)46-25(2)40)48-31-22-14-13-21-30(31)38(42)43/h4-22,32-36H,23H2,1-3H3/t32-,33-,34+,35-,36-/m1/s1. The second-order valence-electron chi connectivity index (χ2n) is 11.2. The fraction of sp³-hybridized carbons (Fsp3) is 0.270. The minimum atomic E-state index is -1.57. The number of carbonyl (C=O) groups is 3. The zero-order chi connectivity index (χ0) is 35.0. The fourth-order valence-electron chi connectivity index (χ4n) is 5.89. The number of nitro benzene ring substituents is 1. The lowest BCUT2D eigenvalue weighted by molar-refractivity contribution is -0.387. The number of esters is 3. The Morgan fingerprint density at radius 1 is 0.653 bits per heavy atom. The van der Waals surface area contributed by atoms with Gasteiger partial charge >= 0.3 is 23.6 Å². The normalized spacial score (nSPS) is 20.4. The van der Waals surface area contributed by atoms with Gasteiger partial charge in [0.15, 0.2) is 18.0 Å². The van der Waals surface area contributed by atoms with Crippen molar-refractivity contribution >= 4 is 23.6 Å². The van der Waals surface area contributed by atoms with Crippen LogP contribution < -0.4 is 4.74 Å². The van der Waals surface area contributed by atoms with Crippen LogP contribution in [0, 0.1) is 10.1 Å². The number of ether oxygens (including phenoxy) is 6. The Bertz CT molecular complexity index is 1650. The van der Waals surface area contributed by atoms with Gasteiger partial charge in [-0.3, -0.25) is 24.5 Å². The van der Waals surface area contributed by atoms with Gasteiger partial charge in [-0.15, -0.1) is 0 Å². The molecule has 0 amide bonds. The lowest BCUT2D eigenvalue weighted by Gasteiger charge is -2.45. The summed E-state index contributed by atoms with van der Waals surface area (Å²) in [5.41, 5.74) is 0.701. The number of hydrogen-bond acceptors (Lipinski definition) is 11. The maximum absolute atomic E-state index is 12.5. The Morgan fingerprint density at radius 2 is 1.08 bits per heavy atom. The van der Waals surface area contributed by atoms with Gasteiger partial charge in [0, 0.05) is 26.8 Å². The first-order chi connectivity index (χ1) is 23.6. The van der Waals surface area contributed by atoms with Crippen molar-refractivity contribution in [1.82, 2.24) is 0 Å². The molecule has 12 heteroatoms. The van der Waals surface area contributed by atoms with E-state index in [2.05, 4.69) is 0 Å². The molecule has 49 heavy (non-hydrogen) atoms. The first-order valence-electron chi connectivity index (χ1n) is 15.5. The second-order valence-corrected chi connectivity index (χ2v) is 11.2. The van der Waals surface area contributed by atoms with Gasteiger partial charge in [-0.1, -0.05) is 103 Å². The smallest absolute Gasteiger partial charge is 0.311 e. The van der Waals surface area contributed by atoms with Crippen molar-refractivity contribution in [3.63, 3.8) is 0 Å². The molecule has 0 aliphatic carbocycles. The van der Waals surface area contributed by atoms with Crippen LogP contribution in [0.5, 0.6) is 5.75 Å². The summed E-state index contributed by atoms with van der Waals surface area (Å²) in [5.74, 6) is -2.52. The topological polar surface area (TPSA) is 150 Å². The Balaban J connectivity index is 1.63. The molecule has 5 atom stereocenters. The summed E-state index contributed by atoms with van der Waals surface area (Å²) in [6.07, 6.45) is -7.13. The van der Waals surface area contributed by atoms with Crippen LogP contribution in [-0.2, 0) is 43.7 Å². The van der Waals surface area contributed by atoms with Crippen LogP contribution in [-0.4, -0.2) is 60.1 Å². The molecule has 0 spiro atoms. The van der Waals surface area contributed by atoms with Crippen molar-refractivity contribution in [1.29, 1.82) is 0 Å². The van der Waals surface area contributed by atoms with Crippen molar-refractivity contribution in [2.45, 2.75) is 57.1 Å². The molecule has 4 aromatic rings. The van der Waals surface area contributed by atoms with Crippen molar-refractivity contribution in [2.24, 2.45) is 0 Å². The summed E-state index contributed by atoms with van der Waals surface area (Å²) in [7, 11) is 0. The van der Waals surface area contributed by atoms with Gasteiger partial charge in [-0.05, 0) is 22.8 Å². The SMILES string of the molecule is CC(=O)O[C@@H]1[C@@H](OC(C)=O)[C@H](Oc2ccccc2[N+](=O)[O-])O[C@H](COC(c2ccccc2)(c2ccccc2)c2ccccc2)[C@H]1OC(C)=O. The van der Waals surface area contributed by atoms with E-state index < -0.39 is 59.1 Å². The van der Waals surface area contributed by atoms with E-state index in [9.17, 15) is 24.5 Å². The number of para-hydroxylation sites is 2. The highest BCUT2D eigenvalue weighted by atomic mass is 16.7. The highest BCUT2D eigenvalue weighted by Crippen LogP contribution is 2.42. The quantitative estimate of drug-likeness (QED) is 0.0618. The van der Waals surface area contributed by atoms with Gasteiger partial charge in [-0.25, -0.2) is 0 Å². The molecule has 12 nitrogen and oxygen atoms in total. The molecule has 5 rings (SSSR count). The first-order valence-corrected chi connectivity index (χ1v) is 15.5. The van der Waals surface area contributed by atoms with E-state index in [0.717, 1.165) is 30.5 Å². The Kier molecular flexibility index (Phi) is 11.0. The largest absolute Gasteiger partial charge is 0.456 e. The summed E-state index contributed by atoms with van der Waals surface area (Å²) >= 11 is 0. The Labute approximate surface area is 282 Å². The lowest BCUT2D eigenvalue weighted by atomic mass is 9.80. The Morgan fingerprint density at radius 3 is 1.55 bits per heavy atom. The molecular formula is C37H35NO11. The first kappa shape index (κ1) is 34.7. The summed E-state index contributed by atoms with van der Waals surface area (Å²) in [6, 6.07) is 34.0. The van der Waals surface area contributed by atoms with Crippen LogP contribution in [0.2, 0.25) is 0 Å². The molecule has 1 heterocycles. The summed E-state index contributed by atoms with van der Waals surface area (Å²) < 4.78 is 36.2. The lowest BCUT2D eigenvalue weighted by Crippen LogP contribution is -2.64. The van der Waals surface area contributed by atoms with Gasteiger partial charge in [0.05, 0.1) is 11.5 Å². The van der Waals surface area contributed by atoms with Crippen LogP contribution in [0.15, 0.2) is 115 Å². The van der Waals surface area contributed by atoms with E-state index in [-0.39, 0.29) is 18.0 Å². The van der Waals surface area contributed by atoms with Gasteiger partial charge < -0.3 is 28.4 Å². The highest BCUT2D eigenvalue weighted by Gasteiger charge is 2.54.